The first kappa shape index (κ1) is 24.4. The number of ether oxygens (including phenoxy) is 2. The van der Waals surface area contributed by atoms with Crippen LogP contribution in [0.1, 0.15) is 25.5 Å². The monoisotopic (exact) mass is 466 g/mol. The van der Waals surface area contributed by atoms with Crippen LogP contribution in [0.5, 0.6) is 17.2 Å². The molecule has 0 saturated carbocycles. The van der Waals surface area contributed by atoms with Gasteiger partial charge >= 0.3 is 0 Å². The topological polar surface area (TPSA) is 74.2 Å². The molecule has 3 N–H and O–H groups in total. The molecule has 33 heavy (non-hydrogen) atoms. The second-order valence-electron chi connectivity index (χ2n) is 7.79. The van der Waals surface area contributed by atoms with Crippen molar-refractivity contribution in [3.63, 3.8) is 0 Å². The quantitative estimate of drug-likeness (QED) is 0.384. The van der Waals surface area contributed by atoms with Gasteiger partial charge in [-0.2, -0.15) is 0 Å². The minimum atomic E-state index is -0.845. The maximum absolute atomic E-state index is 11.1. The Morgan fingerprint density at radius 1 is 0.970 bits per heavy atom. The van der Waals surface area contributed by atoms with Crippen molar-refractivity contribution >= 4 is 23.0 Å². The largest absolute Gasteiger partial charge is 0.508 e. The van der Waals surface area contributed by atoms with Crippen LogP contribution in [0.15, 0.2) is 78.9 Å². The van der Waals surface area contributed by atoms with E-state index >= 15 is 0 Å². The molecular weight excluding hydrogens is 436 g/mol. The number of methoxy groups -OCH3 is 1. The zero-order valence-corrected chi connectivity index (χ0v) is 19.8. The number of hydrogen-bond donors (Lipinski definition) is 3. The lowest BCUT2D eigenvalue weighted by Crippen LogP contribution is -2.51. The second-order valence-corrected chi connectivity index (χ2v) is 8.17. The molecule has 3 unspecified atom stereocenters. The second kappa shape index (κ2) is 11.5. The van der Waals surface area contributed by atoms with Gasteiger partial charge < -0.3 is 29.9 Å². The van der Waals surface area contributed by atoms with Gasteiger partial charge in [-0.25, -0.2) is 0 Å². The zero-order valence-electron chi connectivity index (χ0n) is 19.0. The Labute approximate surface area is 200 Å². The van der Waals surface area contributed by atoms with Crippen molar-refractivity contribution in [3.8, 4) is 17.2 Å². The molecule has 0 aliphatic heterocycles. The van der Waals surface area contributed by atoms with Crippen LogP contribution >= 0.6 is 12.2 Å². The molecule has 6 nitrogen and oxygen atoms in total. The Kier molecular flexibility index (Phi) is 8.52. The number of para-hydroxylation sites is 3. The summed E-state index contributed by atoms with van der Waals surface area (Å²) in [5.41, 5.74) is 1.42. The highest BCUT2D eigenvalue weighted by molar-refractivity contribution is 7.80. The van der Waals surface area contributed by atoms with Crippen LogP contribution in [0.25, 0.3) is 0 Å². The smallest absolute Gasteiger partial charge is 0.174 e. The van der Waals surface area contributed by atoms with E-state index < -0.39 is 12.1 Å². The third-order valence-corrected chi connectivity index (χ3v) is 5.74. The van der Waals surface area contributed by atoms with E-state index in [0.29, 0.717) is 23.0 Å². The number of thiocarbonyl (C=S) groups is 1. The molecule has 0 bridgehead atoms. The molecular formula is C26H30N2O4S. The van der Waals surface area contributed by atoms with Crippen LogP contribution in [0.3, 0.4) is 0 Å². The van der Waals surface area contributed by atoms with Crippen molar-refractivity contribution in [1.29, 1.82) is 0 Å². The van der Waals surface area contributed by atoms with E-state index in [1.807, 2.05) is 73.3 Å². The Morgan fingerprint density at radius 2 is 1.61 bits per heavy atom. The summed E-state index contributed by atoms with van der Waals surface area (Å²) in [5.74, 6) is 1.58. The van der Waals surface area contributed by atoms with Gasteiger partial charge in [0.25, 0.3) is 0 Å². The molecule has 0 fully saturated rings. The number of phenols is 1. The molecule has 3 aromatic carbocycles. The summed E-state index contributed by atoms with van der Waals surface area (Å²) in [6.45, 7) is 4.27. The minimum Gasteiger partial charge on any atom is -0.508 e. The summed E-state index contributed by atoms with van der Waals surface area (Å²) in [6, 6.07) is 23.1. The number of nitrogens with zero attached hydrogens (tertiary/aromatic N) is 1. The van der Waals surface area contributed by atoms with Gasteiger partial charge in [-0.1, -0.05) is 42.5 Å². The van der Waals surface area contributed by atoms with Crippen molar-refractivity contribution in [1.82, 2.24) is 4.90 Å². The SMILES string of the molecule is COc1ccccc1NC(=S)N(C(C)COc1ccccc1)C(C)C(O)c1ccc(O)cc1. The number of hydrogen-bond acceptors (Lipinski definition) is 5. The fourth-order valence-electron chi connectivity index (χ4n) is 3.63. The first-order chi connectivity index (χ1) is 15.9. The maximum atomic E-state index is 11.1. The predicted molar refractivity (Wildman–Crippen MR) is 135 cm³/mol. The maximum Gasteiger partial charge on any atom is 0.174 e. The fraction of sp³-hybridized carbons (Fsp3) is 0.269. The normalized spacial score (nSPS) is 13.5. The van der Waals surface area contributed by atoms with Crippen molar-refractivity contribution in [2.75, 3.05) is 19.0 Å². The lowest BCUT2D eigenvalue weighted by Gasteiger charge is -2.39. The number of rotatable bonds is 9. The Hall–Kier alpha value is -3.29. The molecule has 0 heterocycles. The van der Waals surface area contributed by atoms with Crippen LogP contribution in [0, 0.1) is 0 Å². The van der Waals surface area contributed by atoms with Gasteiger partial charge in [-0.3, -0.25) is 0 Å². The van der Waals surface area contributed by atoms with E-state index in [9.17, 15) is 10.2 Å². The average Bonchev–Trinajstić information content (AvgIpc) is 2.83. The molecule has 3 atom stereocenters. The number of benzene rings is 3. The number of phenolic OH excluding ortho intramolecular Hbond substituents is 1. The molecule has 0 aliphatic carbocycles. The molecule has 0 saturated heterocycles. The molecule has 0 aromatic heterocycles. The first-order valence-corrected chi connectivity index (χ1v) is 11.2. The van der Waals surface area contributed by atoms with Gasteiger partial charge in [0.2, 0.25) is 0 Å². The summed E-state index contributed by atoms with van der Waals surface area (Å²) in [4.78, 5) is 1.93. The molecule has 0 spiro atoms. The molecule has 0 radical (unpaired) electrons. The standard InChI is InChI=1S/C26H30N2O4S/c1-18(17-32-22-9-5-4-6-10-22)28(19(2)25(30)20-13-15-21(29)16-14-20)26(33)27-23-11-7-8-12-24(23)31-3/h4-16,18-19,25,29-30H,17H2,1-3H3,(H,27,33). The first-order valence-electron chi connectivity index (χ1n) is 10.8. The third kappa shape index (κ3) is 6.37. The number of aliphatic hydroxyl groups is 1. The van der Waals surface area contributed by atoms with Crippen LogP contribution < -0.4 is 14.8 Å². The van der Waals surface area contributed by atoms with E-state index in [2.05, 4.69) is 5.32 Å². The Balaban J connectivity index is 1.83. The van der Waals surface area contributed by atoms with Gasteiger partial charge in [0.15, 0.2) is 5.11 Å². The molecule has 3 rings (SSSR count). The van der Waals surface area contributed by atoms with E-state index in [1.54, 1.807) is 31.4 Å². The lowest BCUT2D eigenvalue weighted by atomic mass is 10.0. The Morgan fingerprint density at radius 3 is 2.27 bits per heavy atom. The van der Waals surface area contributed by atoms with Gasteiger partial charge in [0.05, 0.1) is 31.0 Å². The van der Waals surface area contributed by atoms with Gasteiger partial charge in [0.1, 0.15) is 23.9 Å². The van der Waals surface area contributed by atoms with Crippen LogP contribution in [-0.2, 0) is 0 Å². The van der Waals surface area contributed by atoms with Crippen LogP contribution in [0.2, 0.25) is 0 Å². The highest BCUT2D eigenvalue weighted by atomic mass is 32.1. The van der Waals surface area contributed by atoms with Crippen molar-refractivity contribution < 1.29 is 19.7 Å². The number of aromatic hydroxyl groups is 1. The van der Waals surface area contributed by atoms with Crippen LogP contribution in [-0.4, -0.2) is 46.0 Å². The fourth-order valence-corrected chi connectivity index (χ4v) is 4.09. The number of aliphatic hydroxyl groups excluding tert-OH is 1. The minimum absolute atomic E-state index is 0.147. The lowest BCUT2D eigenvalue weighted by molar-refractivity contribution is 0.0673. The van der Waals surface area contributed by atoms with E-state index in [0.717, 1.165) is 11.4 Å². The third-order valence-electron chi connectivity index (χ3n) is 5.42. The van der Waals surface area contributed by atoms with Crippen LogP contribution in [0.4, 0.5) is 5.69 Å². The van der Waals surface area contributed by atoms with E-state index in [1.165, 1.54) is 0 Å². The van der Waals surface area contributed by atoms with Crippen molar-refractivity contribution in [2.45, 2.75) is 32.0 Å². The molecule has 0 aliphatic rings. The van der Waals surface area contributed by atoms with Crippen molar-refractivity contribution in [2.24, 2.45) is 0 Å². The summed E-state index contributed by atoms with van der Waals surface area (Å²) < 4.78 is 11.4. The number of nitrogens with one attached hydrogen (secondary N) is 1. The summed E-state index contributed by atoms with van der Waals surface area (Å²) >= 11 is 5.79. The van der Waals surface area contributed by atoms with Gasteiger partial charge in [-0.15, -0.1) is 0 Å². The Bertz CT molecular complexity index is 1030. The van der Waals surface area contributed by atoms with E-state index in [-0.39, 0.29) is 11.8 Å². The van der Waals surface area contributed by atoms with Crippen molar-refractivity contribution in [3.05, 3.63) is 84.4 Å². The number of anilines is 1. The van der Waals surface area contributed by atoms with Gasteiger partial charge in [0, 0.05) is 0 Å². The molecule has 7 heteroatoms. The summed E-state index contributed by atoms with van der Waals surface area (Å²) in [6.07, 6.45) is -0.845. The molecule has 174 valence electrons. The highest BCUT2D eigenvalue weighted by Gasteiger charge is 2.30. The van der Waals surface area contributed by atoms with Gasteiger partial charge in [-0.05, 0) is 68.0 Å². The summed E-state index contributed by atoms with van der Waals surface area (Å²) in [5, 5.41) is 24.4. The summed E-state index contributed by atoms with van der Waals surface area (Å²) in [7, 11) is 1.61. The molecule has 3 aromatic rings. The highest BCUT2D eigenvalue weighted by Crippen LogP contribution is 2.28. The van der Waals surface area contributed by atoms with E-state index in [4.69, 9.17) is 21.7 Å². The average molecular weight is 467 g/mol. The molecule has 0 amide bonds. The predicted octanol–water partition coefficient (Wildman–Crippen LogP) is 4.99. The zero-order chi connectivity index (χ0) is 23.8.